The summed E-state index contributed by atoms with van der Waals surface area (Å²) >= 11 is 6.24. The number of benzene rings is 1. The summed E-state index contributed by atoms with van der Waals surface area (Å²) in [5, 5.41) is 4.90. The van der Waals surface area contributed by atoms with Crippen LogP contribution >= 0.6 is 11.6 Å². The number of aromatic nitrogens is 2. The van der Waals surface area contributed by atoms with E-state index >= 15 is 0 Å². The predicted octanol–water partition coefficient (Wildman–Crippen LogP) is 3.72. The lowest BCUT2D eigenvalue weighted by Gasteiger charge is -2.12. The minimum absolute atomic E-state index is 0.0908. The molecule has 0 aliphatic rings. The van der Waals surface area contributed by atoms with Crippen LogP contribution in [0.3, 0.4) is 0 Å². The summed E-state index contributed by atoms with van der Waals surface area (Å²) in [5.74, 6) is 0.402. The third-order valence-corrected chi connectivity index (χ3v) is 4.36. The average Bonchev–Trinajstić information content (AvgIpc) is 2.90. The Morgan fingerprint density at radius 2 is 1.95 bits per heavy atom. The first-order valence-electron chi connectivity index (χ1n) is 6.83. The molecule has 21 heavy (non-hydrogen) atoms. The number of carbonyl (C=O) groups is 1. The maximum atomic E-state index is 12.8. The second-order valence-electron chi connectivity index (χ2n) is 5.02. The standard InChI is InChI=1S/C16H19ClN2O2/c1-6-19-16(21-5)13(8-18-19)15(20)12-7-9(2)14(17)11(4)10(12)3/h7-8H,6H2,1-5H3. The number of hydrogen-bond donors (Lipinski definition) is 0. The molecule has 0 aliphatic carbocycles. The molecule has 0 unspecified atom stereocenters. The Balaban J connectivity index is 2.58. The number of methoxy groups -OCH3 is 1. The van der Waals surface area contributed by atoms with Crippen molar-refractivity contribution in [3.63, 3.8) is 0 Å². The molecule has 5 heteroatoms. The van der Waals surface area contributed by atoms with Gasteiger partial charge in [-0.2, -0.15) is 5.10 Å². The van der Waals surface area contributed by atoms with Gasteiger partial charge in [-0.15, -0.1) is 0 Å². The zero-order valence-electron chi connectivity index (χ0n) is 13.0. The molecule has 0 amide bonds. The van der Waals surface area contributed by atoms with Crippen LogP contribution in [0.2, 0.25) is 5.02 Å². The van der Waals surface area contributed by atoms with E-state index in [1.165, 1.54) is 0 Å². The van der Waals surface area contributed by atoms with Gasteiger partial charge < -0.3 is 4.74 Å². The fourth-order valence-electron chi connectivity index (χ4n) is 2.40. The van der Waals surface area contributed by atoms with Crippen molar-refractivity contribution in [3.05, 3.63) is 45.1 Å². The molecule has 0 N–H and O–H groups in total. The monoisotopic (exact) mass is 306 g/mol. The average molecular weight is 307 g/mol. The van der Waals surface area contributed by atoms with Crippen LogP contribution in [-0.2, 0) is 6.54 Å². The number of aryl methyl sites for hydroxylation is 2. The van der Waals surface area contributed by atoms with Gasteiger partial charge in [0.25, 0.3) is 0 Å². The fourth-order valence-corrected chi connectivity index (χ4v) is 2.60. The van der Waals surface area contributed by atoms with Crippen LogP contribution in [0.5, 0.6) is 5.88 Å². The minimum atomic E-state index is -0.0908. The van der Waals surface area contributed by atoms with Crippen LogP contribution in [0.4, 0.5) is 0 Å². The van der Waals surface area contributed by atoms with Gasteiger partial charge in [-0.1, -0.05) is 11.6 Å². The molecule has 112 valence electrons. The van der Waals surface area contributed by atoms with E-state index in [9.17, 15) is 4.79 Å². The maximum Gasteiger partial charge on any atom is 0.223 e. The van der Waals surface area contributed by atoms with E-state index in [1.807, 2.05) is 33.8 Å². The lowest BCUT2D eigenvalue weighted by molar-refractivity contribution is 0.103. The van der Waals surface area contributed by atoms with Gasteiger partial charge in [-0.05, 0) is 50.5 Å². The van der Waals surface area contributed by atoms with Gasteiger partial charge in [0.15, 0.2) is 5.78 Å². The van der Waals surface area contributed by atoms with Crippen LogP contribution in [0.1, 0.15) is 39.5 Å². The zero-order chi connectivity index (χ0) is 15.7. The van der Waals surface area contributed by atoms with Gasteiger partial charge in [0, 0.05) is 17.1 Å². The van der Waals surface area contributed by atoms with Crippen LogP contribution < -0.4 is 4.74 Å². The molecular weight excluding hydrogens is 288 g/mol. The van der Waals surface area contributed by atoms with Crippen molar-refractivity contribution in [1.29, 1.82) is 0 Å². The number of rotatable bonds is 4. The molecule has 1 aromatic carbocycles. The van der Waals surface area contributed by atoms with Gasteiger partial charge in [0.1, 0.15) is 5.56 Å². The van der Waals surface area contributed by atoms with E-state index in [0.29, 0.717) is 28.6 Å². The number of ether oxygens (including phenoxy) is 1. The molecule has 2 rings (SSSR count). The Kier molecular flexibility index (Phi) is 4.37. The highest BCUT2D eigenvalue weighted by molar-refractivity contribution is 6.32. The first kappa shape index (κ1) is 15.6. The second kappa shape index (κ2) is 5.90. The Morgan fingerprint density at radius 1 is 1.29 bits per heavy atom. The van der Waals surface area contributed by atoms with Crippen LogP contribution in [-0.4, -0.2) is 22.7 Å². The van der Waals surface area contributed by atoms with Crippen molar-refractivity contribution in [2.75, 3.05) is 7.11 Å². The first-order valence-corrected chi connectivity index (χ1v) is 7.20. The molecule has 0 saturated heterocycles. The lowest BCUT2D eigenvalue weighted by atomic mass is 9.95. The summed E-state index contributed by atoms with van der Waals surface area (Å²) in [6, 6.07) is 1.83. The molecule has 0 saturated carbocycles. The van der Waals surface area contributed by atoms with Crippen molar-refractivity contribution < 1.29 is 9.53 Å². The van der Waals surface area contributed by atoms with Gasteiger partial charge in [-0.3, -0.25) is 4.79 Å². The quantitative estimate of drug-likeness (QED) is 0.809. The maximum absolute atomic E-state index is 12.8. The van der Waals surface area contributed by atoms with E-state index in [1.54, 1.807) is 18.0 Å². The van der Waals surface area contributed by atoms with Gasteiger partial charge >= 0.3 is 0 Å². The second-order valence-corrected chi connectivity index (χ2v) is 5.40. The van der Waals surface area contributed by atoms with Gasteiger partial charge in [0.2, 0.25) is 5.88 Å². The molecule has 0 bridgehead atoms. The Hall–Kier alpha value is -1.81. The van der Waals surface area contributed by atoms with E-state index < -0.39 is 0 Å². The number of halogens is 1. The summed E-state index contributed by atoms with van der Waals surface area (Å²) in [7, 11) is 1.55. The van der Waals surface area contributed by atoms with Gasteiger partial charge in [-0.25, -0.2) is 4.68 Å². The third-order valence-electron chi connectivity index (χ3n) is 3.78. The molecule has 4 nitrogen and oxygen atoms in total. The number of nitrogens with zero attached hydrogens (tertiary/aromatic N) is 2. The predicted molar refractivity (Wildman–Crippen MR) is 83.5 cm³/mol. The Labute approximate surface area is 129 Å². The molecule has 0 aliphatic heterocycles. The third kappa shape index (κ3) is 2.56. The smallest absolute Gasteiger partial charge is 0.223 e. The van der Waals surface area contributed by atoms with Crippen LogP contribution in [0.15, 0.2) is 12.3 Å². The zero-order valence-corrected chi connectivity index (χ0v) is 13.7. The number of ketones is 1. The van der Waals surface area contributed by atoms with Crippen LogP contribution in [0, 0.1) is 20.8 Å². The van der Waals surface area contributed by atoms with Gasteiger partial charge in [0.05, 0.1) is 13.3 Å². The van der Waals surface area contributed by atoms with Crippen molar-refractivity contribution in [2.45, 2.75) is 34.2 Å². The summed E-state index contributed by atoms with van der Waals surface area (Å²) in [5.41, 5.74) is 3.83. The van der Waals surface area contributed by atoms with E-state index in [0.717, 1.165) is 16.7 Å². The van der Waals surface area contributed by atoms with E-state index in [2.05, 4.69) is 5.10 Å². The summed E-state index contributed by atoms with van der Waals surface area (Å²) in [6.45, 7) is 8.33. The minimum Gasteiger partial charge on any atom is -0.481 e. The highest BCUT2D eigenvalue weighted by Gasteiger charge is 2.22. The Bertz CT molecular complexity index is 705. The fraction of sp³-hybridized carbons (Fsp3) is 0.375. The molecule has 0 atom stereocenters. The molecule has 0 radical (unpaired) electrons. The number of hydrogen-bond acceptors (Lipinski definition) is 3. The lowest BCUT2D eigenvalue weighted by Crippen LogP contribution is -2.08. The SMILES string of the molecule is CCn1ncc(C(=O)c2cc(C)c(Cl)c(C)c2C)c1OC. The highest BCUT2D eigenvalue weighted by Crippen LogP contribution is 2.29. The summed E-state index contributed by atoms with van der Waals surface area (Å²) in [6.07, 6.45) is 1.56. The molecule has 0 fully saturated rings. The number of carbonyl (C=O) groups excluding carboxylic acids is 1. The van der Waals surface area contributed by atoms with Crippen LogP contribution in [0.25, 0.3) is 0 Å². The summed E-state index contributed by atoms with van der Waals surface area (Å²) < 4.78 is 6.99. The highest BCUT2D eigenvalue weighted by atomic mass is 35.5. The van der Waals surface area contributed by atoms with E-state index in [4.69, 9.17) is 16.3 Å². The molecular formula is C16H19ClN2O2. The topological polar surface area (TPSA) is 44.1 Å². The molecule has 0 spiro atoms. The normalized spacial score (nSPS) is 10.8. The van der Waals surface area contributed by atoms with E-state index in [-0.39, 0.29) is 5.78 Å². The summed E-state index contributed by atoms with van der Waals surface area (Å²) in [4.78, 5) is 12.8. The first-order chi connectivity index (χ1) is 9.92. The van der Waals surface area contributed by atoms with Crippen molar-refractivity contribution >= 4 is 17.4 Å². The molecule has 1 heterocycles. The Morgan fingerprint density at radius 3 is 2.52 bits per heavy atom. The molecule has 1 aromatic heterocycles. The molecule has 2 aromatic rings. The van der Waals surface area contributed by atoms with Crippen molar-refractivity contribution in [2.24, 2.45) is 0 Å². The largest absolute Gasteiger partial charge is 0.481 e. The van der Waals surface area contributed by atoms with Crippen molar-refractivity contribution in [1.82, 2.24) is 9.78 Å². The van der Waals surface area contributed by atoms with Crippen molar-refractivity contribution in [3.8, 4) is 5.88 Å².